The predicted octanol–water partition coefficient (Wildman–Crippen LogP) is 1.98. The van der Waals surface area contributed by atoms with Gasteiger partial charge in [-0.15, -0.1) is 0 Å². The quantitative estimate of drug-likeness (QED) is 0.779. The zero-order chi connectivity index (χ0) is 10.1. The van der Waals surface area contributed by atoms with Crippen molar-refractivity contribution in [1.29, 1.82) is 5.26 Å². The van der Waals surface area contributed by atoms with Crippen LogP contribution in [0.3, 0.4) is 0 Å². The Bertz CT molecular complexity index is 527. The molecule has 0 fully saturated rings. The lowest BCUT2D eigenvalue weighted by atomic mass is 10.3. The second-order valence-corrected chi connectivity index (χ2v) is 3.48. The van der Waals surface area contributed by atoms with E-state index in [0.717, 1.165) is 4.60 Å². The third-order valence-electron chi connectivity index (χ3n) is 1.89. The van der Waals surface area contributed by atoms with Gasteiger partial charge in [-0.1, -0.05) is 0 Å². The Morgan fingerprint density at radius 2 is 2.36 bits per heavy atom. The maximum Gasteiger partial charge on any atom is 0.142 e. The van der Waals surface area contributed by atoms with Gasteiger partial charge in [-0.05, 0) is 15.9 Å². The average molecular weight is 252 g/mol. The van der Waals surface area contributed by atoms with E-state index in [9.17, 15) is 0 Å². The van der Waals surface area contributed by atoms with Crippen molar-refractivity contribution in [3.05, 3.63) is 28.6 Å². The smallest absolute Gasteiger partial charge is 0.142 e. The fourth-order valence-electron chi connectivity index (χ4n) is 1.25. The van der Waals surface area contributed by atoms with Gasteiger partial charge in [0, 0.05) is 12.1 Å². The molecule has 0 atom stereocenters. The van der Waals surface area contributed by atoms with Crippen molar-refractivity contribution in [2.75, 3.05) is 7.11 Å². The molecule has 4 nitrogen and oxygen atoms in total. The zero-order valence-electron chi connectivity index (χ0n) is 7.36. The molecule has 0 radical (unpaired) electrons. The Morgan fingerprint density at radius 3 is 3.00 bits per heavy atom. The molecule has 0 unspecified atom stereocenters. The number of pyridine rings is 1. The van der Waals surface area contributed by atoms with Gasteiger partial charge in [0.2, 0.25) is 0 Å². The van der Waals surface area contributed by atoms with E-state index >= 15 is 0 Å². The maximum absolute atomic E-state index is 8.92. The van der Waals surface area contributed by atoms with Gasteiger partial charge >= 0.3 is 0 Å². The van der Waals surface area contributed by atoms with Crippen molar-refractivity contribution in [1.82, 2.24) is 9.38 Å². The van der Waals surface area contributed by atoms with Crippen molar-refractivity contribution in [3.63, 3.8) is 0 Å². The van der Waals surface area contributed by atoms with Crippen LogP contribution in [0.1, 0.15) is 5.69 Å². The standard InChI is InChI=1S/C9H6BrN3O/c1-14-7-2-6(4-11)13-8(10)5-12-9(13)3-7/h2-3,5H,1H3. The van der Waals surface area contributed by atoms with Gasteiger partial charge in [0.15, 0.2) is 0 Å². The summed E-state index contributed by atoms with van der Waals surface area (Å²) in [6, 6.07) is 5.52. The van der Waals surface area contributed by atoms with Crippen LogP contribution in [0.2, 0.25) is 0 Å². The minimum absolute atomic E-state index is 0.490. The third kappa shape index (κ3) is 1.24. The minimum Gasteiger partial charge on any atom is -0.497 e. The maximum atomic E-state index is 8.92. The zero-order valence-corrected chi connectivity index (χ0v) is 8.95. The van der Waals surface area contributed by atoms with E-state index in [4.69, 9.17) is 10.00 Å². The second-order valence-electron chi connectivity index (χ2n) is 2.67. The highest BCUT2D eigenvalue weighted by Crippen LogP contribution is 2.21. The van der Waals surface area contributed by atoms with Crippen LogP contribution in [-0.2, 0) is 0 Å². The molecular formula is C9H6BrN3O. The minimum atomic E-state index is 0.490. The SMILES string of the molecule is COc1cc(C#N)n2c(Br)cnc2c1. The van der Waals surface area contributed by atoms with E-state index in [1.54, 1.807) is 29.8 Å². The number of methoxy groups -OCH3 is 1. The van der Waals surface area contributed by atoms with E-state index in [1.165, 1.54) is 0 Å². The van der Waals surface area contributed by atoms with Crippen LogP contribution >= 0.6 is 15.9 Å². The third-order valence-corrected chi connectivity index (χ3v) is 2.45. The highest BCUT2D eigenvalue weighted by molar-refractivity contribution is 9.10. The van der Waals surface area contributed by atoms with E-state index in [2.05, 4.69) is 27.0 Å². The molecular weight excluding hydrogens is 246 g/mol. The second kappa shape index (κ2) is 3.31. The van der Waals surface area contributed by atoms with Gasteiger partial charge < -0.3 is 4.74 Å². The molecule has 70 valence electrons. The number of nitrogens with zero attached hydrogens (tertiary/aromatic N) is 3. The summed E-state index contributed by atoms with van der Waals surface area (Å²) in [5.41, 5.74) is 1.18. The fourth-order valence-corrected chi connectivity index (χ4v) is 1.73. The highest BCUT2D eigenvalue weighted by Gasteiger charge is 2.07. The molecule has 0 amide bonds. The van der Waals surface area contributed by atoms with Crippen LogP contribution in [0.5, 0.6) is 5.75 Å². The molecule has 5 heteroatoms. The topological polar surface area (TPSA) is 50.3 Å². The first-order valence-corrected chi connectivity index (χ1v) is 4.66. The lowest BCUT2D eigenvalue weighted by Gasteiger charge is -2.02. The number of rotatable bonds is 1. The summed E-state index contributed by atoms with van der Waals surface area (Å²) in [6.45, 7) is 0. The molecule has 0 aliphatic rings. The summed E-state index contributed by atoms with van der Waals surface area (Å²) in [6.07, 6.45) is 1.65. The number of halogens is 1. The molecule has 2 rings (SSSR count). The molecule has 0 N–H and O–H groups in total. The van der Waals surface area contributed by atoms with Crippen LogP contribution < -0.4 is 4.74 Å². The summed E-state index contributed by atoms with van der Waals surface area (Å²) in [7, 11) is 1.56. The van der Waals surface area contributed by atoms with Crippen LogP contribution in [-0.4, -0.2) is 16.5 Å². The summed E-state index contributed by atoms with van der Waals surface area (Å²) >= 11 is 3.31. The number of hydrogen-bond acceptors (Lipinski definition) is 3. The molecule has 0 aliphatic heterocycles. The number of fused-ring (bicyclic) bond motifs is 1. The Morgan fingerprint density at radius 1 is 1.57 bits per heavy atom. The number of nitriles is 1. The molecule has 14 heavy (non-hydrogen) atoms. The van der Waals surface area contributed by atoms with Gasteiger partial charge in [0.25, 0.3) is 0 Å². The predicted molar refractivity (Wildman–Crippen MR) is 54.2 cm³/mol. The Kier molecular flexibility index (Phi) is 2.14. The molecule has 0 bridgehead atoms. The Labute approximate surface area is 88.9 Å². The summed E-state index contributed by atoms with van der Waals surface area (Å²) < 4.78 is 7.52. The number of hydrogen-bond donors (Lipinski definition) is 0. The molecule has 2 aromatic rings. The lowest BCUT2D eigenvalue weighted by Crippen LogP contribution is -1.94. The summed E-state index contributed by atoms with van der Waals surface area (Å²) in [5.74, 6) is 0.632. The molecule has 0 aliphatic carbocycles. The molecule has 0 saturated carbocycles. The first-order valence-electron chi connectivity index (χ1n) is 3.87. The van der Waals surface area contributed by atoms with E-state index in [0.29, 0.717) is 17.1 Å². The first kappa shape index (κ1) is 9.03. The summed E-state index contributed by atoms with van der Waals surface area (Å²) in [4.78, 5) is 4.12. The van der Waals surface area contributed by atoms with Gasteiger partial charge in [-0.25, -0.2) is 4.98 Å². The van der Waals surface area contributed by atoms with Crippen LogP contribution in [0, 0.1) is 11.3 Å². The molecule has 2 aromatic heterocycles. The number of ether oxygens (including phenoxy) is 1. The largest absolute Gasteiger partial charge is 0.497 e. The molecule has 0 aromatic carbocycles. The van der Waals surface area contributed by atoms with Crippen molar-refractivity contribution in [2.24, 2.45) is 0 Å². The van der Waals surface area contributed by atoms with Crippen molar-refractivity contribution in [2.45, 2.75) is 0 Å². The average Bonchev–Trinajstić information content (AvgIpc) is 2.59. The summed E-state index contributed by atoms with van der Waals surface area (Å²) in [5, 5.41) is 8.92. The van der Waals surface area contributed by atoms with Crippen LogP contribution in [0.15, 0.2) is 22.9 Å². The normalized spacial score (nSPS) is 10.1. The van der Waals surface area contributed by atoms with Gasteiger partial charge in [-0.3, -0.25) is 4.40 Å². The molecule has 0 spiro atoms. The fraction of sp³-hybridized carbons (Fsp3) is 0.111. The van der Waals surface area contributed by atoms with Gasteiger partial charge in [0.05, 0.1) is 13.3 Å². The van der Waals surface area contributed by atoms with Gasteiger partial charge in [0.1, 0.15) is 27.8 Å². The Hall–Kier alpha value is -1.54. The molecule has 0 saturated heterocycles. The van der Waals surface area contributed by atoms with Crippen molar-refractivity contribution < 1.29 is 4.74 Å². The van der Waals surface area contributed by atoms with E-state index < -0.39 is 0 Å². The molecule has 2 heterocycles. The number of aromatic nitrogens is 2. The van der Waals surface area contributed by atoms with Crippen molar-refractivity contribution >= 4 is 21.6 Å². The van der Waals surface area contributed by atoms with E-state index in [1.807, 2.05) is 0 Å². The Balaban J connectivity index is 2.84. The monoisotopic (exact) mass is 251 g/mol. The van der Waals surface area contributed by atoms with Crippen LogP contribution in [0.4, 0.5) is 0 Å². The lowest BCUT2D eigenvalue weighted by molar-refractivity contribution is 0.414. The van der Waals surface area contributed by atoms with Gasteiger partial charge in [-0.2, -0.15) is 5.26 Å². The van der Waals surface area contributed by atoms with Crippen LogP contribution in [0.25, 0.3) is 5.65 Å². The van der Waals surface area contributed by atoms with Crippen molar-refractivity contribution in [3.8, 4) is 11.8 Å². The first-order chi connectivity index (χ1) is 6.76. The van der Waals surface area contributed by atoms with E-state index in [-0.39, 0.29) is 0 Å². The number of imidazole rings is 1. The highest BCUT2D eigenvalue weighted by atomic mass is 79.9.